The van der Waals surface area contributed by atoms with Crippen LogP contribution in [0.2, 0.25) is 0 Å². The number of nitrogens with one attached hydrogen (secondary N) is 1. The van der Waals surface area contributed by atoms with Crippen LogP contribution in [0.1, 0.15) is 13.8 Å². The van der Waals surface area contributed by atoms with Gasteiger partial charge >= 0.3 is 0 Å². The largest absolute Gasteiger partial charge is 0.399 e. The molecule has 0 bridgehead atoms. The van der Waals surface area contributed by atoms with Gasteiger partial charge in [-0.05, 0) is 32.0 Å². The number of benzene rings is 1. The lowest BCUT2D eigenvalue weighted by atomic mass is 10.2. The third-order valence-corrected chi connectivity index (χ3v) is 5.54. The highest BCUT2D eigenvalue weighted by Crippen LogP contribution is 2.28. The number of hydrogen-bond acceptors (Lipinski definition) is 4. The van der Waals surface area contributed by atoms with E-state index in [1.54, 1.807) is 18.2 Å². The van der Waals surface area contributed by atoms with Crippen molar-refractivity contribution in [2.45, 2.75) is 31.0 Å². The molecule has 6 nitrogen and oxygen atoms in total. The van der Waals surface area contributed by atoms with Crippen molar-refractivity contribution in [3.05, 3.63) is 24.4 Å². The molecule has 0 aliphatic carbocycles. The number of ether oxygens (including phenoxy) is 1. The Morgan fingerprint density at radius 3 is 2.62 bits per heavy atom. The average molecular weight is 309 g/mol. The molecule has 1 aromatic heterocycles. The molecule has 7 heteroatoms. The van der Waals surface area contributed by atoms with E-state index >= 15 is 0 Å². The Hall–Kier alpha value is -1.57. The first kappa shape index (κ1) is 14.4. The number of sulfonamides is 1. The third kappa shape index (κ3) is 2.52. The van der Waals surface area contributed by atoms with Crippen LogP contribution in [0.5, 0.6) is 0 Å². The Labute approximate surface area is 123 Å². The lowest BCUT2D eigenvalue weighted by molar-refractivity contribution is -0.0440. The molecule has 0 radical (unpaired) electrons. The summed E-state index contributed by atoms with van der Waals surface area (Å²) in [6, 6.07) is 5.22. The van der Waals surface area contributed by atoms with Crippen LogP contribution in [-0.2, 0) is 14.8 Å². The Bertz CT molecular complexity index is 759. The number of fused-ring (bicyclic) bond motifs is 1. The first-order valence-electron chi connectivity index (χ1n) is 6.90. The van der Waals surface area contributed by atoms with Crippen molar-refractivity contribution in [2.75, 3.05) is 18.8 Å². The molecule has 1 aromatic carbocycles. The van der Waals surface area contributed by atoms with E-state index < -0.39 is 10.0 Å². The van der Waals surface area contributed by atoms with Gasteiger partial charge in [0.15, 0.2) is 0 Å². The molecule has 0 spiro atoms. The Balaban J connectivity index is 2.06. The van der Waals surface area contributed by atoms with E-state index in [0.29, 0.717) is 24.2 Å². The molecule has 0 saturated carbocycles. The maximum Gasteiger partial charge on any atom is 0.245 e. The van der Waals surface area contributed by atoms with Gasteiger partial charge in [-0.1, -0.05) is 0 Å². The van der Waals surface area contributed by atoms with Crippen LogP contribution < -0.4 is 5.73 Å². The molecule has 21 heavy (non-hydrogen) atoms. The van der Waals surface area contributed by atoms with Gasteiger partial charge in [0, 0.05) is 35.9 Å². The average Bonchev–Trinajstić information content (AvgIpc) is 2.81. The van der Waals surface area contributed by atoms with Crippen LogP contribution in [0.15, 0.2) is 29.3 Å². The molecule has 3 rings (SSSR count). The van der Waals surface area contributed by atoms with E-state index in [-0.39, 0.29) is 17.1 Å². The molecule has 1 aliphatic heterocycles. The second-order valence-corrected chi connectivity index (χ2v) is 7.44. The Kier molecular flexibility index (Phi) is 3.43. The van der Waals surface area contributed by atoms with Gasteiger partial charge in [-0.15, -0.1) is 0 Å². The van der Waals surface area contributed by atoms with Crippen molar-refractivity contribution in [2.24, 2.45) is 0 Å². The predicted molar refractivity (Wildman–Crippen MR) is 81.5 cm³/mol. The highest BCUT2D eigenvalue weighted by atomic mass is 32.2. The fraction of sp³-hybridized carbons (Fsp3) is 0.429. The molecule has 2 heterocycles. The van der Waals surface area contributed by atoms with Crippen molar-refractivity contribution in [1.29, 1.82) is 0 Å². The van der Waals surface area contributed by atoms with Crippen molar-refractivity contribution < 1.29 is 13.2 Å². The summed E-state index contributed by atoms with van der Waals surface area (Å²) in [5, 5.41) is 0.627. The van der Waals surface area contributed by atoms with Crippen LogP contribution in [0.25, 0.3) is 10.9 Å². The minimum Gasteiger partial charge on any atom is -0.399 e. The number of hydrogen-bond donors (Lipinski definition) is 2. The van der Waals surface area contributed by atoms with Gasteiger partial charge in [-0.2, -0.15) is 4.31 Å². The molecule has 0 unspecified atom stereocenters. The van der Waals surface area contributed by atoms with E-state index in [2.05, 4.69) is 4.98 Å². The standard InChI is InChI=1S/C14H19N3O3S/c1-9-7-17(8-10(2)20-9)21(18,19)14-6-16-13-4-3-11(15)5-12(13)14/h3-6,9-10,16H,7-8,15H2,1-2H3/t9-,10+. The molecule has 2 atom stereocenters. The van der Waals surface area contributed by atoms with Gasteiger partial charge in [-0.25, -0.2) is 8.42 Å². The molecule has 3 N–H and O–H groups in total. The van der Waals surface area contributed by atoms with E-state index in [1.807, 2.05) is 13.8 Å². The first-order chi connectivity index (χ1) is 9.88. The molecular formula is C14H19N3O3S. The molecule has 114 valence electrons. The minimum absolute atomic E-state index is 0.112. The van der Waals surface area contributed by atoms with Crippen LogP contribution in [-0.4, -0.2) is 43.0 Å². The summed E-state index contributed by atoms with van der Waals surface area (Å²) in [7, 11) is -3.56. The highest BCUT2D eigenvalue weighted by molar-refractivity contribution is 7.89. The topological polar surface area (TPSA) is 88.4 Å². The zero-order valence-corrected chi connectivity index (χ0v) is 12.9. The molecule has 0 amide bonds. The van der Waals surface area contributed by atoms with Gasteiger partial charge in [0.25, 0.3) is 0 Å². The number of morpholine rings is 1. The normalized spacial score (nSPS) is 24.5. The van der Waals surface area contributed by atoms with Crippen molar-refractivity contribution in [3.63, 3.8) is 0 Å². The lowest BCUT2D eigenvalue weighted by Crippen LogP contribution is -2.48. The fourth-order valence-corrected chi connectivity index (χ4v) is 4.54. The summed E-state index contributed by atoms with van der Waals surface area (Å²) in [6.45, 7) is 4.49. The van der Waals surface area contributed by atoms with Gasteiger partial charge in [-0.3, -0.25) is 0 Å². The van der Waals surface area contributed by atoms with E-state index in [0.717, 1.165) is 5.52 Å². The monoisotopic (exact) mass is 309 g/mol. The van der Waals surface area contributed by atoms with Crippen molar-refractivity contribution in [1.82, 2.24) is 9.29 Å². The van der Waals surface area contributed by atoms with Gasteiger partial charge in [0.05, 0.1) is 12.2 Å². The number of anilines is 1. The fourth-order valence-electron chi connectivity index (χ4n) is 2.79. The van der Waals surface area contributed by atoms with Gasteiger partial charge in [0.1, 0.15) is 4.90 Å². The number of aromatic amines is 1. The lowest BCUT2D eigenvalue weighted by Gasteiger charge is -2.34. The molecule has 1 saturated heterocycles. The SMILES string of the molecule is C[C@@H]1CN(S(=O)(=O)c2c[nH]c3ccc(N)cc23)C[C@H](C)O1. The van der Waals surface area contributed by atoms with Crippen LogP contribution in [0.3, 0.4) is 0 Å². The Morgan fingerprint density at radius 2 is 1.95 bits per heavy atom. The summed E-state index contributed by atoms with van der Waals surface area (Å²) in [4.78, 5) is 3.26. The molecular weight excluding hydrogens is 290 g/mol. The summed E-state index contributed by atoms with van der Waals surface area (Å²) in [5.41, 5.74) is 7.08. The maximum atomic E-state index is 12.9. The number of rotatable bonds is 2. The van der Waals surface area contributed by atoms with E-state index in [1.165, 1.54) is 10.5 Å². The number of nitrogen functional groups attached to an aromatic ring is 1. The Morgan fingerprint density at radius 1 is 1.29 bits per heavy atom. The van der Waals surface area contributed by atoms with E-state index in [4.69, 9.17) is 10.5 Å². The summed E-state index contributed by atoms with van der Waals surface area (Å²) >= 11 is 0. The number of aromatic nitrogens is 1. The van der Waals surface area contributed by atoms with Gasteiger partial charge in [0.2, 0.25) is 10.0 Å². The van der Waals surface area contributed by atoms with Crippen LogP contribution >= 0.6 is 0 Å². The zero-order chi connectivity index (χ0) is 15.2. The maximum absolute atomic E-state index is 12.9. The predicted octanol–water partition coefficient (Wildman–Crippen LogP) is 1.55. The molecule has 1 aliphatic rings. The third-order valence-electron chi connectivity index (χ3n) is 3.67. The second-order valence-electron chi connectivity index (χ2n) is 5.54. The molecule has 2 aromatic rings. The number of nitrogens with zero attached hydrogens (tertiary/aromatic N) is 1. The smallest absolute Gasteiger partial charge is 0.245 e. The summed E-state index contributed by atoms with van der Waals surface area (Å²) in [5.74, 6) is 0. The first-order valence-corrected chi connectivity index (χ1v) is 8.34. The zero-order valence-electron chi connectivity index (χ0n) is 12.0. The summed E-state index contributed by atoms with van der Waals surface area (Å²) < 4.78 is 32.8. The summed E-state index contributed by atoms with van der Waals surface area (Å²) in [6.07, 6.45) is 1.31. The number of nitrogens with two attached hydrogens (primary N) is 1. The van der Waals surface area contributed by atoms with Crippen molar-refractivity contribution >= 4 is 26.6 Å². The van der Waals surface area contributed by atoms with Crippen LogP contribution in [0, 0.1) is 0 Å². The van der Waals surface area contributed by atoms with Crippen molar-refractivity contribution in [3.8, 4) is 0 Å². The number of H-pyrrole nitrogens is 1. The highest BCUT2D eigenvalue weighted by Gasteiger charge is 2.33. The molecule has 1 fully saturated rings. The van der Waals surface area contributed by atoms with Crippen LogP contribution in [0.4, 0.5) is 5.69 Å². The second kappa shape index (κ2) is 5.01. The van der Waals surface area contributed by atoms with E-state index in [9.17, 15) is 8.42 Å². The van der Waals surface area contributed by atoms with Gasteiger partial charge < -0.3 is 15.5 Å². The quantitative estimate of drug-likeness (QED) is 0.824. The minimum atomic E-state index is -3.56.